The Bertz CT molecular complexity index is 1130. The molecule has 0 saturated carbocycles. The maximum atomic E-state index is 4.45. The molecule has 10 nitrogen and oxygen atoms in total. The van der Waals surface area contributed by atoms with Gasteiger partial charge in [-0.15, -0.1) is 10.2 Å². The second kappa shape index (κ2) is 17.1. The molecule has 0 unspecified atom stereocenters. The van der Waals surface area contributed by atoms with Crippen molar-refractivity contribution >= 4 is 0 Å². The Labute approximate surface area is 254 Å². The standard InChI is InChI=1S/C30H42N10.Cu/c1-3-9-27(10-4-1)21-39-25-29(33-35-39)23-37-17-7-13-32-16-20-38(18-8-14-31-15-19-37)24-30-26-40(36-34-30)22-28-11-5-2-6-12-28;/h1-6,9-12,25-26,31-32H,7-8,13-24H2;. The predicted octanol–water partition coefficient (Wildman–Crippen LogP) is 2.24. The fourth-order valence-corrected chi connectivity index (χ4v) is 5.10. The van der Waals surface area contributed by atoms with Gasteiger partial charge in [-0.1, -0.05) is 71.1 Å². The summed E-state index contributed by atoms with van der Waals surface area (Å²) in [5.74, 6) is 0. The molecule has 4 aromatic rings. The SMILES string of the molecule is [Cu].c1ccc(Cn2cc(CN3CCCNCCN(Cc4cn(Cc5ccccc5)nn4)CCCNCC3)nn2)cc1. The zero-order chi connectivity index (χ0) is 27.2. The van der Waals surface area contributed by atoms with Crippen LogP contribution in [0.3, 0.4) is 0 Å². The van der Waals surface area contributed by atoms with Gasteiger partial charge in [0.1, 0.15) is 0 Å². The zero-order valence-electron chi connectivity index (χ0n) is 23.7. The summed E-state index contributed by atoms with van der Waals surface area (Å²) in [5.41, 5.74) is 4.53. The Morgan fingerprint density at radius 2 is 0.976 bits per heavy atom. The monoisotopic (exact) mass is 605 g/mol. The number of nitrogens with one attached hydrogen (secondary N) is 2. The van der Waals surface area contributed by atoms with Crippen LogP contribution in [-0.2, 0) is 43.2 Å². The van der Waals surface area contributed by atoms with Crippen molar-refractivity contribution in [3.05, 3.63) is 95.6 Å². The van der Waals surface area contributed by atoms with E-state index in [2.05, 4.69) is 102 Å². The molecule has 0 aliphatic carbocycles. The average Bonchev–Trinajstić information content (AvgIpc) is 3.61. The molecule has 2 aromatic heterocycles. The molecule has 0 atom stereocenters. The van der Waals surface area contributed by atoms with Gasteiger partial charge in [0.2, 0.25) is 0 Å². The van der Waals surface area contributed by atoms with Crippen LogP contribution in [0, 0.1) is 0 Å². The molecule has 0 spiro atoms. The van der Waals surface area contributed by atoms with Crippen molar-refractivity contribution < 1.29 is 17.1 Å². The van der Waals surface area contributed by atoms with Crippen LogP contribution in [0.1, 0.15) is 35.4 Å². The summed E-state index contributed by atoms with van der Waals surface area (Å²) in [6.07, 6.45) is 6.37. The van der Waals surface area contributed by atoms with Crippen LogP contribution in [0.5, 0.6) is 0 Å². The quantitative estimate of drug-likeness (QED) is 0.296. The number of hydrogen-bond acceptors (Lipinski definition) is 8. The molecule has 1 aliphatic heterocycles. The van der Waals surface area contributed by atoms with Crippen molar-refractivity contribution in [2.24, 2.45) is 0 Å². The average molecular weight is 606 g/mol. The molecule has 5 rings (SSSR count). The van der Waals surface area contributed by atoms with E-state index in [1.165, 1.54) is 11.1 Å². The second-order valence-corrected chi connectivity index (χ2v) is 10.5. The van der Waals surface area contributed by atoms with Gasteiger partial charge in [0.05, 0.1) is 36.9 Å². The Hall–Kier alpha value is -2.92. The first-order valence-electron chi connectivity index (χ1n) is 14.5. The molecular weight excluding hydrogens is 564 g/mol. The van der Waals surface area contributed by atoms with Gasteiger partial charge in [0.15, 0.2) is 0 Å². The molecule has 1 radical (unpaired) electrons. The van der Waals surface area contributed by atoms with Gasteiger partial charge in [0.25, 0.3) is 0 Å². The molecule has 2 N–H and O–H groups in total. The fourth-order valence-electron chi connectivity index (χ4n) is 5.10. The van der Waals surface area contributed by atoms with E-state index < -0.39 is 0 Å². The van der Waals surface area contributed by atoms with Gasteiger partial charge >= 0.3 is 0 Å². The Morgan fingerprint density at radius 3 is 1.41 bits per heavy atom. The maximum absolute atomic E-state index is 4.45. The van der Waals surface area contributed by atoms with E-state index in [-0.39, 0.29) is 17.1 Å². The molecule has 11 heteroatoms. The predicted molar refractivity (Wildman–Crippen MR) is 157 cm³/mol. The number of nitrogens with zero attached hydrogens (tertiary/aromatic N) is 8. The summed E-state index contributed by atoms with van der Waals surface area (Å²) in [7, 11) is 0. The minimum Gasteiger partial charge on any atom is -0.315 e. The molecular formula is C30H42CuN10. The Kier molecular flexibility index (Phi) is 13.0. The van der Waals surface area contributed by atoms with E-state index in [1.54, 1.807) is 0 Å². The molecule has 2 aromatic carbocycles. The first kappa shape index (κ1) is 31.0. The minimum atomic E-state index is 0. The molecule has 1 aliphatic rings. The van der Waals surface area contributed by atoms with Crippen molar-refractivity contribution in [2.75, 3.05) is 52.4 Å². The largest absolute Gasteiger partial charge is 0.315 e. The number of aromatic nitrogens is 6. The third-order valence-corrected chi connectivity index (χ3v) is 7.18. The van der Waals surface area contributed by atoms with Crippen molar-refractivity contribution in [1.82, 2.24) is 50.4 Å². The number of rotatable bonds is 8. The second-order valence-electron chi connectivity index (χ2n) is 10.5. The van der Waals surface area contributed by atoms with Gasteiger partial charge < -0.3 is 10.6 Å². The van der Waals surface area contributed by atoms with Crippen LogP contribution in [0.4, 0.5) is 0 Å². The molecule has 0 amide bonds. The topological polar surface area (TPSA) is 92.0 Å². The molecule has 1 fully saturated rings. The van der Waals surface area contributed by atoms with E-state index in [9.17, 15) is 0 Å². The minimum absolute atomic E-state index is 0. The van der Waals surface area contributed by atoms with Gasteiger partial charge in [-0.2, -0.15) is 0 Å². The molecule has 0 bridgehead atoms. The Balaban J connectivity index is 0.00000387. The van der Waals surface area contributed by atoms with Gasteiger partial charge in [-0.3, -0.25) is 9.80 Å². The molecule has 223 valence electrons. The van der Waals surface area contributed by atoms with Crippen LogP contribution in [0.25, 0.3) is 0 Å². The Morgan fingerprint density at radius 1 is 0.537 bits per heavy atom. The third kappa shape index (κ3) is 10.8. The summed E-state index contributed by atoms with van der Waals surface area (Å²) >= 11 is 0. The zero-order valence-corrected chi connectivity index (χ0v) is 24.6. The van der Waals surface area contributed by atoms with Crippen molar-refractivity contribution in [3.8, 4) is 0 Å². The van der Waals surface area contributed by atoms with E-state index in [0.717, 1.165) is 103 Å². The van der Waals surface area contributed by atoms with Gasteiger partial charge in [0, 0.05) is 56.3 Å². The van der Waals surface area contributed by atoms with Crippen LogP contribution >= 0.6 is 0 Å². The van der Waals surface area contributed by atoms with Crippen molar-refractivity contribution in [2.45, 2.75) is 39.0 Å². The van der Waals surface area contributed by atoms with E-state index in [0.29, 0.717) is 0 Å². The van der Waals surface area contributed by atoms with Crippen molar-refractivity contribution in [1.29, 1.82) is 0 Å². The summed E-state index contributed by atoms with van der Waals surface area (Å²) in [6, 6.07) is 20.8. The number of benzene rings is 2. The summed E-state index contributed by atoms with van der Waals surface area (Å²) in [4.78, 5) is 4.98. The molecule has 41 heavy (non-hydrogen) atoms. The maximum Gasteiger partial charge on any atom is 0.0967 e. The number of hydrogen-bond donors (Lipinski definition) is 2. The molecule has 1 saturated heterocycles. The smallest absolute Gasteiger partial charge is 0.0967 e. The third-order valence-electron chi connectivity index (χ3n) is 7.18. The van der Waals surface area contributed by atoms with E-state index >= 15 is 0 Å². The normalized spacial score (nSPS) is 16.6. The van der Waals surface area contributed by atoms with E-state index in [1.807, 2.05) is 21.5 Å². The first-order valence-corrected chi connectivity index (χ1v) is 14.5. The summed E-state index contributed by atoms with van der Waals surface area (Å²) < 4.78 is 3.87. The van der Waals surface area contributed by atoms with Crippen LogP contribution in [-0.4, -0.2) is 92.1 Å². The van der Waals surface area contributed by atoms with Crippen LogP contribution in [0.15, 0.2) is 73.1 Å². The van der Waals surface area contributed by atoms with Crippen molar-refractivity contribution in [3.63, 3.8) is 0 Å². The van der Waals surface area contributed by atoms with Gasteiger partial charge in [-0.25, -0.2) is 9.36 Å². The van der Waals surface area contributed by atoms with Crippen LogP contribution in [0.2, 0.25) is 0 Å². The van der Waals surface area contributed by atoms with E-state index in [4.69, 9.17) is 0 Å². The summed E-state index contributed by atoms with van der Waals surface area (Å²) in [5, 5.41) is 24.9. The molecule has 3 heterocycles. The van der Waals surface area contributed by atoms with Gasteiger partial charge in [-0.05, 0) is 50.1 Å². The summed E-state index contributed by atoms with van der Waals surface area (Å²) in [6.45, 7) is 11.2. The fraction of sp³-hybridized carbons (Fsp3) is 0.467. The van der Waals surface area contributed by atoms with Crippen LogP contribution < -0.4 is 10.6 Å². The first-order chi connectivity index (χ1) is 19.8.